The molecular formula is C3H7BFO. The molecule has 1 radical (unpaired) electrons. The zero-order chi connectivity index (χ0) is 4.83. The highest BCUT2D eigenvalue weighted by Gasteiger charge is 1.82. The second-order valence-electron chi connectivity index (χ2n) is 0.776. The first kappa shape index (κ1) is 5.95. The molecule has 0 atom stereocenters. The molecular weight excluding hydrogens is 81.8 g/mol. The van der Waals surface area contributed by atoms with Gasteiger partial charge in [-0.25, -0.2) is 0 Å². The Hall–Kier alpha value is -0.0451. The summed E-state index contributed by atoms with van der Waals surface area (Å²) in [6.07, 6.45) is 0. The molecule has 0 saturated carbocycles. The summed E-state index contributed by atoms with van der Waals surface area (Å²) in [5.41, 5.74) is 0. The molecule has 0 bridgehead atoms. The van der Waals surface area contributed by atoms with Gasteiger partial charge in [0.2, 0.25) is 0 Å². The summed E-state index contributed by atoms with van der Waals surface area (Å²) in [5.74, 6) is 0. The van der Waals surface area contributed by atoms with Crippen molar-refractivity contribution in [3.8, 4) is 0 Å². The van der Waals surface area contributed by atoms with E-state index >= 15 is 0 Å². The molecule has 0 aliphatic carbocycles. The van der Waals surface area contributed by atoms with Gasteiger partial charge in [-0.05, 0) is 6.92 Å². The summed E-state index contributed by atoms with van der Waals surface area (Å²) in [6.45, 7) is 1.88. The highest BCUT2D eigenvalue weighted by atomic mass is 19.1. The van der Waals surface area contributed by atoms with Gasteiger partial charge in [0.1, 0.15) is 0 Å². The van der Waals surface area contributed by atoms with Crippen molar-refractivity contribution < 1.29 is 9.04 Å². The van der Waals surface area contributed by atoms with Gasteiger partial charge in [-0.3, -0.25) is 4.39 Å². The van der Waals surface area contributed by atoms with Gasteiger partial charge in [-0.15, -0.1) is 0 Å². The summed E-state index contributed by atoms with van der Waals surface area (Å²) >= 11 is 0. The molecule has 6 heavy (non-hydrogen) atoms. The standard InChI is InChI=1S/C3H7BFO/c1-2-6-4-3-5/h2-3H2,1H3. The Bertz CT molecular complexity index is 22.8. The van der Waals surface area contributed by atoms with Gasteiger partial charge in [0.05, 0.1) is 6.57 Å². The van der Waals surface area contributed by atoms with E-state index in [1.165, 1.54) is 0 Å². The van der Waals surface area contributed by atoms with Crippen LogP contribution in [-0.4, -0.2) is 20.7 Å². The monoisotopic (exact) mass is 89.1 g/mol. The maximum absolute atomic E-state index is 11.0. The van der Waals surface area contributed by atoms with Crippen LogP contribution >= 0.6 is 0 Å². The molecule has 0 aromatic heterocycles. The molecule has 0 unspecified atom stereocenters. The molecule has 0 saturated heterocycles. The molecule has 0 rings (SSSR count). The van der Waals surface area contributed by atoms with E-state index in [9.17, 15) is 4.39 Å². The minimum absolute atomic E-state index is 0.492. The first-order valence-corrected chi connectivity index (χ1v) is 1.91. The van der Waals surface area contributed by atoms with Gasteiger partial charge in [-0.1, -0.05) is 0 Å². The van der Waals surface area contributed by atoms with Crippen LogP contribution in [-0.2, 0) is 4.65 Å². The lowest BCUT2D eigenvalue weighted by atomic mass is 10.1. The fourth-order valence-corrected chi connectivity index (χ4v) is 0.162. The number of hydrogen-bond acceptors (Lipinski definition) is 1. The normalized spacial score (nSPS) is 8.33. The summed E-state index contributed by atoms with van der Waals surface area (Å²) < 4.78 is 15.5. The topological polar surface area (TPSA) is 9.23 Å². The van der Waals surface area contributed by atoms with Gasteiger partial charge in [0.15, 0.2) is 0 Å². The zero-order valence-electron chi connectivity index (χ0n) is 3.78. The molecule has 0 fully saturated rings. The molecule has 0 heterocycles. The Balaban J connectivity index is 2.34. The molecule has 0 spiro atoms. The number of alkyl halides is 1. The smallest absolute Gasteiger partial charge is 0.326 e. The van der Waals surface area contributed by atoms with Gasteiger partial charge < -0.3 is 4.65 Å². The van der Waals surface area contributed by atoms with E-state index in [-0.39, 0.29) is 0 Å². The number of hydrogen-bond donors (Lipinski definition) is 0. The van der Waals surface area contributed by atoms with Crippen LogP contribution < -0.4 is 0 Å². The summed E-state index contributed by atoms with van der Waals surface area (Å²) in [4.78, 5) is 0. The van der Waals surface area contributed by atoms with Crippen molar-refractivity contribution in [2.75, 3.05) is 13.2 Å². The van der Waals surface area contributed by atoms with Gasteiger partial charge in [0.25, 0.3) is 0 Å². The lowest BCUT2D eigenvalue weighted by Crippen LogP contribution is -1.98. The molecule has 1 nitrogen and oxygen atoms in total. The van der Waals surface area contributed by atoms with Crippen LogP contribution in [0.3, 0.4) is 0 Å². The lowest BCUT2D eigenvalue weighted by Gasteiger charge is -1.87. The van der Waals surface area contributed by atoms with E-state index in [1.54, 1.807) is 0 Å². The maximum atomic E-state index is 11.0. The second kappa shape index (κ2) is 4.95. The average Bonchev–Trinajstić information content (AvgIpc) is 1.61. The summed E-state index contributed by atoms with van der Waals surface area (Å²) in [5, 5.41) is 0. The third-order valence-electron chi connectivity index (χ3n) is 0.348. The van der Waals surface area contributed by atoms with Crippen molar-refractivity contribution in [3.05, 3.63) is 0 Å². The molecule has 0 amide bonds. The lowest BCUT2D eigenvalue weighted by molar-refractivity contribution is 0.348. The molecule has 3 heteroatoms. The fraction of sp³-hybridized carbons (Fsp3) is 1.00. The van der Waals surface area contributed by atoms with E-state index in [0.717, 1.165) is 7.48 Å². The van der Waals surface area contributed by atoms with Crippen LogP contribution in [0, 0.1) is 0 Å². The maximum Gasteiger partial charge on any atom is 0.326 e. The first-order chi connectivity index (χ1) is 2.91. The first-order valence-electron chi connectivity index (χ1n) is 1.91. The van der Waals surface area contributed by atoms with Gasteiger partial charge in [-0.2, -0.15) is 0 Å². The van der Waals surface area contributed by atoms with E-state index in [1.807, 2.05) is 6.92 Å². The molecule has 0 aliphatic heterocycles. The SMILES string of the molecule is CCO[B]CF. The largest absolute Gasteiger partial charge is 0.438 e. The van der Waals surface area contributed by atoms with Crippen molar-refractivity contribution >= 4 is 7.48 Å². The predicted octanol–water partition coefficient (Wildman–Crippen LogP) is 0.569. The van der Waals surface area contributed by atoms with Crippen molar-refractivity contribution in [2.45, 2.75) is 6.92 Å². The van der Waals surface area contributed by atoms with E-state index in [2.05, 4.69) is 4.65 Å². The molecule has 0 aliphatic rings. The van der Waals surface area contributed by atoms with Crippen LogP contribution in [0.1, 0.15) is 6.92 Å². The van der Waals surface area contributed by atoms with Gasteiger partial charge in [0, 0.05) is 6.61 Å². The Kier molecular flexibility index (Phi) is 4.92. The summed E-state index contributed by atoms with van der Waals surface area (Å²) in [7, 11) is 1.14. The van der Waals surface area contributed by atoms with Crippen LogP contribution in [0.15, 0.2) is 0 Å². The average molecular weight is 88.9 g/mol. The highest BCUT2D eigenvalue weighted by Crippen LogP contribution is 1.67. The Labute approximate surface area is 37.8 Å². The van der Waals surface area contributed by atoms with Crippen molar-refractivity contribution in [1.29, 1.82) is 0 Å². The molecule has 35 valence electrons. The minimum Gasteiger partial charge on any atom is -0.438 e. The van der Waals surface area contributed by atoms with Crippen molar-refractivity contribution in [3.63, 3.8) is 0 Å². The predicted molar refractivity (Wildman–Crippen MR) is 23.4 cm³/mol. The quantitative estimate of drug-likeness (QED) is 0.362. The van der Waals surface area contributed by atoms with Gasteiger partial charge >= 0.3 is 7.48 Å². The Morgan fingerprint density at radius 2 is 2.50 bits per heavy atom. The third-order valence-corrected chi connectivity index (χ3v) is 0.348. The van der Waals surface area contributed by atoms with Crippen molar-refractivity contribution in [1.82, 2.24) is 0 Å². The van der Waals surface area contributed by atoms with Crippen LogP contribution in [0.25, 0.3) is 0 Å². The summed E-state index contributed by atoms with van der Waals surface area (Å²) in [6, 6.07) is 0. The van der Waals surface area contributed by atoms with Crippen LogP contribution in [0.2, 0.25) is 0 Å². The Morgan fingerprint density at radius 3 is 2.67 bits per heavy atom. The zero-order valence-corrected chi connectivity index (χ0v) is 3.78. The molecule has 0 aromatic rings. The highest BCUT2D eigenvalue weighted by molar-refractivity contribution is 6.26. The van der Waals surface area contributed by atoms with Crippen LogP contribution in [0.4, 0.5) is 4.39 Å². The number of rotatable bonds is 3. The third kappa shape index (κ3) is 3.95. The van der Waals surface area contributed by atoms with Crippen LogP contribution in [0.5, 0.6) is 0 Å². The fourth-order valence-electron chi connectivity index (χ4n) is 0.162. The van der Waals surface area contributed by atoms with E-state index in [0.29, 0.717) is 6.61 Å². The van der Waals surface area contributed by atoms with E-state index < -0.39 is 6.57 Å². The number of halogens is 1. The second-order valence-corrected chi connectivity index (χ2v) is 0.776. The Morgan fingerprint density at radius 1 is 1.83 bits per heavy atom. The van der Waals surface area contributed by atoms with Crippen molar-refractivity contribution in [2.24, 2.45) is 0 Å². The van der Waals surface area contributed by atoms with E-state index in [4.69, 9.17) is 0 Å². The minimum atomic E-state index is -0.492. The molecule has 0 N–H and O–H groups in total. The molecule has 0 aromatic carbocycles.